The van der Waals surface area contributed by atoms with Gasteiger partial charge in [0.1, 0.15) is 0 Å². The number of nitrogens with one attached hydrogen (secondary N) is 1. The highest BCUT2D eigenvalue weighted by Crippen LogP contribution is 2.22. The van der Waals surface area contributed by atoms with Crippen molar-refractivity contribution < 1.29 is 19.2 Å². The zero-order valence-electron chi connectivity index (χ0n) is 12.7. The number of hydrogen-bond donors (Lipinski definition) is 1. The van der Waals surface area contributed by atoms with Crippen molar-refractivity contribution in [3.63, 3.8) is 0 Å². The van der Waals surface area contributed by atoms with Crippen molar-refractivity contribution in [2.24, 2.45) is 5.92 Å². The van der Waals surface area contributed by atoms with Crippen LogP contribution in [0.2, 0.25) is 0 Å². The average molecular weight is 284 g/mol. The molecule has 0 aromatic rings. The molecule has 20 heavy (non-hydrogen) atoms. The zero-order chi connectivity index (χ0) is 14.7. The fourth-order valence-corrected chi connectivity index (χ4v) is 3.02. The molecule has 0 saturated carbocycles. The van der Waals surface area contributed by atoms with Gasteiger partial charge in [0, 0.05) is 20.1 Å². The first kappa shape index (κ1) is 15.3. The highest BCUT2D eigenvalue weighted by atomic mass is 16.5. The Morgan fingerprint density at radius 1 is 1.45 bits per heavy atom. The third-order valence-electron chi connectivity index (χ3n) is 4.38. The van der Waals surface area contributed by atoms with Crippen LogP contribution in [0.4, 0.5) is 0 Å². The van der Waals surface area contributed by atoms with Crippen LogP contribution in [0.25, 0.3) is 0 Å². The summed E-state index contributed by atoms with van der Waals surface area (Å²) in [5.74, 6) is 0.0610. The number of piperazine rings is 1. The van der Waals surface area contributed by atoms with Crippen LogP contribution in [0, 0.1) is 5.92 Å². The van der Waals surface area contributed by atoms with E-state index in [1.807, 2.05) is 11.8 Å². The van der Waals surface area contributed by atoms with Crippen molar-refractivity contribution in [1.29, 1.82) is 0 Å². The predicted octanol–water partition coefficient (Wildman–Crippen LogP) is -1.77. The lowest BCUT2D eigenvalue weighted by Gasteiger charge is -2.32. The molecule has 0 radical (unpaired) electrons. The summed E-state index contributed by atoms with van der Waals surface area (Å²) in [5, 5.41) is 0. The lowest BCUT2D eigenvalue weighted by Crippen LogP contribution is -3.12. The maximum absolute atomic E-state index is 12.5. The lowest BCUT2D eigenvalue weighted by molar-refractivity contribution is -0.883. The van der Waals surface area contributed by atoms with Crippen molar-refractivity contribution in [2.75, 3.05) is 53.5 Å². The monoisotopic (exact) mass is 284 g/mol. The van der Waals surface area contributed by atoms with E-state index in [2.05, 4.69) is 7.05 Å². The molecule has 2 amide bonds. The lowest BCUT2D eigenvalue weighted by atomic mass is 10.1. The van der Waals surface area contributed by atoms with E-state index in [1.165, 1.54) is 4.90 Å². The van der Waals surface area contributed by atoms with Crippen molar-refractivity contribution in [2.45, 2.75) is 19.4 Å². The molecule has 1 N–H and O–H groups in total. The predicted molar refractivity (Wildman–Crippen MR) is 74.4 cm³/mol. The Balaban J connectivity index is 1.91. The summed E-state index contributed by atoms with van der Waals surface area (Å²) in [5.41, 5.74) is 0. The number of carbonyl (C=O) groups excluding carboxylic acids is 2. The Labute approximate surface area is 120 Å². The first-order chi connectivity index (χ1) is 9.52. The number of nitrogens with zero attached hydrogens (tertiary/aromatic N) is 2. The maximum Gasteiger partial charge on any atom is 0.228 e. The largest absolute Gasteiger partial charge is 0.383 e. The molecule has 0 bridgehead atoms. The van der Waals surface area contributed by atoms with E-state index in [4.69, 9.17) is 4.74 Å². The molecule has 6 heteroatoms. The van der Waals surface area contributed by atoms with Gasteiger partial charge in [-0.2, -0.15) is 0 Å². The third kappa shape index (κ3) is 3.30. The van der Waals surface area contributed by atoms with Crippen LogP contribution in [0.1, 0.15) is 13.3 Å². The van der Waals surface area contributed by atoms with Gasteiger partial charge in [-0.05, 0) is 6.92 Å². The minimum atomic E-state index is -0.166. The molecule has 0 unspecified atom stereocenters. The molecular weight excluding hydrogens is 258 g/mol. The fourth-order valence-electron chi connectivity index (χ4n) is 3.02. The average Bonchev–Trinajstić information content (AvgIpc) is 2.81. The second-order valence-corrected chi connectivity index (χ2v) is 6.03. The van der Waals surface area contributed by atoms with Gasteiger partial charge in [-0.15, -0.1) is 0 Å². The summed E-state index contributed by atoms with van der Waals surface area (Å²) in [6.07, 6.45) is 0.353. The van der Waals surface area contributed by atoms with Crippen LogP contribution < -0.4 is 4.90 Å². The molecule has 0 aromatic heterocycles. The third-order valence-corrected chi connectivity index (χ3v) is 4.38. The Hall–Kier alpha value is -1.14. The van der Waals surface area contributed by atoms with Crippen LogP contribution in [0.15, 0.2) is 0 Å². The molecule has 2 aliphatic rings. The van der Waals surface area contributed by atoms with Gasteiger partial charge in [-0.3, -0.25) is 9.59 Å². The van der Waals surface area contributed by atoms with Crippen molar-refractivity contribution in [3.05, 3.63) is 0 Å². The molecular formula is C14H26N3O3+. The Bertz CT molecular complexity index is 367. The number of amides is 2. The van der Waals surface area contributed by atoms with E-state index >= 15 is 0 Å². The van der Waals surface area contributed by atoms with Crippen LogP contribution in [0.3, 0.4) is 0 Å². The van der Waals surface area contributed by atoms with Crippen molar-refractivity contribution >= 4 is 11.8 Å². The van der Waals surface area contributed by atoms with Crippen LogP contribution >= 0.6 is 0 Å². The van der Waals surface area contributed by atoms with Gasteiger partial charge >= 0.3 is 0 Å². The molecule has 2 rings (SSSR count). The number of hydrogen-bond acceptors (Lipinski definition) is 3. The number of quaternary nitrogens is 1. The normalized spacial score (nSPS) is 26.1. The second-order valence-electron chi connectivity index (χ2n) is 6.03. The molecule has 0 spiro atoms. The smallest absolute Gasteiger partial charge is 0.228 e. The van der Waals surface area contributed by atoms with E-state index in [1.54, 1.807) is 12.0 Å². The molecule has 2 heterocycles. The Morgan fingerprint density at radius 3 is 2.70 bits per heavy atom. The zero-order valence-corrected chi connectivity index (χ0v) is 12.7. The first-order valence-electron chi connectivity index (χ1n) is 7.41. The molecule has 114 valence electrons. The summed E-state index contributed by atoms with van der Waals surface area (Å²) in [4.78, 5) is 29.7. The number of rotatable bonds is 4. The molecule has 2 fully saturated rings. The highest BCUT2D eigenvalue weighted by molar-refractivity contribution is 5.89. The Morgan fingerprint density at radius 2 is 2.10 bits per heavy atom. The van der Waals surface area contributed by atoms with Crippen LogP contribution in [-0.4, -0.2) is 81.1 Å². The van der Waals surface area contributed by atoms with Gasteiger partial charge in [0.05, 0.1) is 51.8 Å². The fraction of sp³-hybridized carbons (Fsp3) is 0.857. The molecule has 6 nitrogen and oxygen atoms in total. The topological polar surface area (TPSA) is 54.3 Å². The first-order valence-corrected chi connectivity index (χ1v) is 7.41. The van der Waals surface area contributed by atoms with Crippen LogP contribution in [-0.2, 0) is 14.3 Å². The molecule has 0 aromatic carbocycles. The van der Waals surface area contributed by atoms with Gasteiger partial charge in [-0.1, -0.05) is 0 Å². The van der Waals surface area contributed by atoms with Crippen molar-refractivity contribution in [1.82, 2.24) is 9.80 Å². The van der Waals surface area contributed by atoms with E-state index in [9.17, 15) is 9.59 Å². The standard InChI is InChI=1S/C14H25N3O3/c1-11(10-20-3)17-9-12(8-13(17)18)14(19)16-6-4-15(2)5-7-16/h11-12H,4-10H2,1-3H3/p+1/t11-,12+/m0/s1. The molecule has 0 aliphatic carbocycles. The number of ether oxygens (including phenoxy) is 1. The summed E-state index contributed by atoms with van der Waals surface area (Å²) >= 11 is 0. The highest BCUT2D eigenvalue weighted by Gasteiger charge is 2.39. The van der Waals surface area contributed by atoms with Gasteiger partial charge in [0.25, 0.3) is 0 Å². The quantitative estimate of drug-likeness (QED) is 0.664. The van der Waals surface area contributed by atoms with E-state index < -0.39 is 0 Å². The molecule has 2 atom stereocenters. The number of likely N-dealkylation sites (N-methyl/N-ethyl adjacent to an activating group) is 1. The van der Waals surface area contributed by atoms with Crippen molar-refractivity contribution in [3.8, 4) is 0 Å². The second kappa shape index (κ2) is 6.54. The van der Waals surface area contributed by atoms with Gasteiger partial charge in [0.15, 0.2) is 0 Å². The summed E-state index contributed by atoms with van der Waals surface area (Å²) in [7, 11) is 3.78. The van der Waals surface area contributed by atoms with Gasteiger partial charge in [-0.25, -0.2) is 0 Å². The van der Waals surface area contributed by atoms with E-state index in [-0.39, 0.29) is 23.8 Å². The SMILES string of the molecule is COC[C@H](C)N1C[C@H](C(=O)N2CC[NH+](C)CC2)CC1=O. The van der Waals surface area contributed by atoms with Gasteiger partial charge < -0.3 is 19.4 Å². The summed E-state index contributed by atoms with van der Waals surface area (Å²) < 4.78 is 5.10. The summed E-state index contributed by atoms with van der Waals surface area (Å²) in [6, 6.07) is 0.0437. The van der Waals surface area contributed by atoms with E-state index in [0.717, 1.165) is 26.2 Å². The van der Waals surface area contributed by atoms with Gasteiger partial charge in [0.2, 0.25) is 11.8 Å². The maximum atomic E-state index is 12.5. The summed E-state index contributed by atoms with van der Waals surface area (Å²) in [6.45, 7) is 6.64. The molecule has 2 saturated heterocycles. The van der Waals surface area contributed by atoms with Crippen LogP contribution in [0.5, 0.6) is 0 Å². The molecule has 2 aliphatic heterocycles. The minimum absolute atomic E-state index is 0.0437. The Kier molecular flexibility index (Phi) is 4.99. The van der Waals surface area contributed by atoms with E-state index in [0.29, 0.717) is 19.6 Å². The number of likely N-dealkylation sites (tertiary alicyclic amines) is 1. The number of methoxy groups -OCH3 is 1. The minimum Gasteiger partial charge on any atom is -0.383 e. The number of carbonyl (C=O) groups is 2.